The van der Waals surface area contributed by atoms with Crippen LogP contribution in [0.5, 0.6) is 0 Å². The lowest BCUT2D eigenvalue weighted by atomic mass is 10.7. The van der Waals surface area contributed by atoms with Crippen molar-refractivity contribution >= 4 is 79.8 Å². The van der Waals surface area contributed by atoms with Crippen LogP contribution in [0.25, 0.3) is 0 Å². The topological polar surface area (TPSA) is 110 Å². The van der Waals surface area contributed by atoms with Gasteiger partial charge in [0.15, 0.2) is 14.6 Å². The van der Waals surface area contributed by atoms with Gasteiger partial charge < -0.3 is 10.6 Å². The smallest absolute Gasteiger partial charge is 0.236 e. The highest BCUT2D eigenvalue weighted by Gasteiger charge is 2.11. The lowest BCUT2D eigenvalue weighted by Gasteiger charge is -1.99. The number of hydrogen-bond donors (Lipinski definition) is 2. The van der Waals surface area contributed by atoms with E-state index in [-0.39, 0.29) is 23.3 Å². The predicted octanol–water partition coefficient (Wildman–Crippen LogP) is 2.91. The number of thioether (sulfide) groups is 2. The summed E-state index contributed by atoms with van der Waals surface area (Å²) in [5.74, 6) is 0.118. The predicted molar refractivity (Wildman–Crippen MR) is 103 cm³/mol. The highest BCUT2D eigenvalue weighted by Crippen LogP contribution is 2.25. The molecule has 2 amide bonds. The van der Waals surface area contributed by atoms with Gasteiger partial charge in [-0.05, 0) is 11.5 Å². The van der Waals surface area contributed by atoms with Gasteiger partial charge in [-0.25, -0.2) is 15.0 Å². The van der Waals surface area contributed by atoms with E-state index in [4.69, 9.17) is 0 Å². The molecular weight excluding hydrogens is 421 g/mol. The Kier molecular flexibility index (Phi) is 6.75. The minimum absolute atomic E-state index is 0.146. The van der Waals surface area contributed by atoms with E-state index in [9.17, 15) is 9.59 Å². The second kappa shape index (κ2) is 9.24. The summed E-state index contributed by atoms with van der Waals surface area (Å²) < 4.78 is 4.85. The van der Waals surface area contributed by atoms with Gasteiger partial charge in [0.2, 0.25) is 17.0 Å². The lowest BCUT2D eigenvalue weighted by molar-refractivity contribution is -0.114. The third-order valence-electron chi connectivity index (χ3n) is 2.41. The van der Waals surface area contributed by atoms with E-state index in [1.165, 1.54) is 57.7 Å². The monoisotopic (exact) mass is 430 g/mol. The Balaban J connectivity index is 1.39. The Bertz CT molecular complexity index is 752. The van der Waals surface area contributed by atoms with Crippen molar-refractivity contribution in [1.29, 1.82) is 0 Å². The molecule has 3 rings (SSSR count). The average molecular weight is 431 g/mol. The summed E-state index contributed by atoms with van der Waals surface area (Å²) in [6.45, 7) is 0. The van der Waals surface area contributed by atoms with E-state index < -0.39 is 0 Å². The maximum Gasteiger partial charge on any atom is 0.236 e. The molecule has 0 aliphatic carbocycles. The summed E-state index contributed by atoms with van der Waals surface area (Å²) in [6, 6.07) is 0. The zero-order valence-corrected chi connectivity index (χ0v) is 16.5. The summed E-state index contributed by atoms with van der Waals surface area (Å²) in [5, 5.41) is 10.6. The molecule has 0 saturated carbocycles. The summed E-state index contributed by atoms with van der Waals surface area (Å²) in [7, 11) is 0. The van der Waals surface area contributed by atoms with Crippen LogP contribution in [0.3, 0.4) is 0 Å². The molecular formula is C12H10N6O2S5. The summed E-state index contributed by atoms with van der Waals surface area (Å²) in [5.41, 5.74) is 0. The van der Waals surface area contributed by atoms with E-state index in [1.54, 1.807) is 23.2 Å². The second-order valence-corrected chi connectivity index (χ2v) is 8.90. The molecule has 3 aromatic heterocycles. The molecule has 8 nitrogen and oxygen atoms in total. The first-order valence-corrected chi connectivity index (χ1v) is 11.2. The van der Waals surface area contributed by atoms with Crippen molar-refractivity contribution in [1.82, 2.24) is 19.3 Å². The Morgan fingerprint density at radius 1 is 0.960 bits per heavy atom. The Morgan fingerprint density at radius 3 is 2.12 bits per heavy atom. The highest BCUT2D eigenvalue weighted by molar-refractivity contribution is 8.02. The van der Waals surface area contributed by atoms with Crippen LogP contribution in [0.2, 0.25) is 0 Å². The van der Waals surface area contributed by atoms with Gasteiger partial charge in [-0.3, -0.25) is 9.59 Å². The maximum absolute atomic E-state index is 11.8. The molecule has 0 unspecified atom stereocenters. The molecule has 0 fully saturated rings. The molecule has 0 saturated heterocycles. The van der Waals surface area contributed by atoms with Crippen molar-refractivity contribution in [3.05, 3.63) is 23.2 Å². The van der Waals surface area contributed by atoms with E-state index >= 15 is 0 Å². The number of thiazole rings is 2. The largest absolute Gasteiger partial charge is 0.301 e. The zero-order chi connectivity index (χ0) is 17.5. The van der Waals surface area contributed by atoms with Crippen LogP contribution in [0.15, 0.2) is 32.6 Å². The van der Waals surface area contributed by atoms with Gasteiger partial charge in [-0.2, -0.15) is 4.37 Å². The Labute approximate surface area is 163 Å². The molecule has 0 radical (unpaired) electrons. The molecule has 0 spiro atoms. The Hall–Kier alpha value is -1.54. The summed E-state index contributed by atoms with van der Waals surface area (Å²) in [6.07, 6.45) is 3.26. The molecule has 13 heteroatoms. The zero-order valence-electron chi connectivity index (χ0n) is 12.4. The van der Waals surface area contributed by atoms with Gasteiger partial charge in [0, 0.05) is 23.2 Å². The van der Waals surface area contributed by atoms with Crippen molar-refractivity contribution in [2.75, 3.05) is 22.1 Å². The van der Waals surface area contributed by atoms with Gasteiger partial charge in [-0.1, -0.05) is 23.5 Å². The van der Waals surface area contributed by atoms with Crippen LogP contribution < -0.4 is 10.6 Å². The minimum atomic E-state index is -0.160. The van der Waals surface area contributed by atoms with Crippen LogP contribution in [0.1, 0.15) is 0 Å². The fraction of sp³-hybridized carbons (Fsp3) is 0.167. The number of anilines is 2. The van der Waals surface area contributed by atoms with Crippen LogP contribution in [0, 0.1) is 0 Å². The van der Waals surface area contributed by atoms with Crippen LogP contribution in [0.4, 0.5) is 10.3 Å². The van der Waals surface area contributed by atoms with Gasteiger partial charge in [0.1, 0.15) is 0 Å². The van der Waals surface area contributed by atoms with Crippen molar-refractivity contribution in [2.45, 2.75) is 9.50 Å². The van der Waals surface area contributed by atoms with E-state index in [1.807, 2.05) is 0 Å². The van der Waals surface area contributed by atoms with E-state index in [0.717, 1.165) is 0 Å². The van der Waals surface area contributed by atoms with Gasteiger partial charge in [-0.15, -0.1) is 22.7 Å². The molecule has 0 aliphatic rings. The Morgan fingerprint density at radius 2 is 1.56 bits per heavy atom. The molecule has 0 bridgehead atoms. The summed E-state index contributed by atoms with van der Waals surface area (Å²) in [4.78, 5) is 35.8. The highest BCUT2D eigenvalue weighted by atomic mass is 32.2. The van der Waals surface area contributed by atoms with Crippen molar-refractivity contribution in [3.63, 3.8) is 0 Å². The molecule has 130 valence electrons. The fourth-order valence-corrected chi connectivity index (χ4v) is 4.77. The first-order chi connectivity index (χ1) is 12.2. The van der Waals surface area contributed by atoms with Crippen molar-refractivity contribution in [2.24, 2.45) is 0 Å². The molecule has 0 aromatic carbocycles. The third-order valence-corrected chi connectivity index (χ3v) is 6.58. The standard InChI is InChI=1S/C12H10N6O2S5/c19-7(15-9-13-1-3-21-9)5-23-11-17-12(25-18-11)24-6-8(20)16-10-14-2-4-22-10/h1-4H,5-6H2,(H,13,15,19)(H,14,16,20). The summed E-state index contributed by atoms with van der Waals surface area (Å²) >= 11 is 6.47. The average Bonchev–Trinajstić information content (AvgIpc) is 3.34. The number of rotatable bonds is 8. The number of amides is 2. The lowest BCUT2D eigenvalue weighted by Crippen LogP contribution is -2.14. The molecule has 2 N–H and O–H groups in total. The first-order valence-electron chi connectivity index (χ1n) is 6.67. The molecule has 0 aliphatic heterocycles. The number of hydrogen-bond acceptors (Lipinski definition) is 11. The fourth-order valence-electron chi connectivity index (χ4n) is 1.45. The van der Waals surface area contributed by atoms with Gasteiger partial charge in [0.25, 0.3) is 0 Å². The number of nitrogens with one attached hydrogen (secondary N) is 2. The molecule has 3 heterocycles. The van der Waals surface area contributed by atoms with Crippen LogP contribution in [-0.2, 0) is 9.59 Å². The number of carbonyl (C=O) groups excluding carboxylic acids is 2. The van der Waals surface area contributed by atoms with Crippen LogP contribution >= 0.6 is 57.7 Å². The normalized spacial score (nSPS) is 10.6. The van der Waals surface area contributed by atoms with Crippen LogP contribution in [-0.4, -0.2) is 42.6 Å². The molecule has 3 aromatic rings. The van der Waals surface area contributed by atoms with Gasteiger partial charge in [0.05, 0.1) is 11.5 Å². The van der Waals surface area contributed by atoms with E-state index in [2.05, 4.69) is 30.0 Å². The second-order valence-electron chi connectivity index (χ2n) is 4.19. The van der Waals surface area contributed by atoms with Gasteiger partial charge >= 0.3 is 0 Å². The number of nitrogens with zero attached hydrogens (tertiary/aromatic N) is 4. The minimum Gasteiger partial charge on any atom is -0.301 e. The van der Waals surface area contributed by atoms with Crippen molar-refractivity contribution in [3.8, 4) is 0 Å². The first kappa shape index (κ1) is 18.3. The maximum atomic E-state index is 11.8. The quantitative estimate of drug-likeness (QED) is 0.525. The third kappa shape index (κ3) is 6.04. The number of aromatic nitrogens is 4. The van der Waals surface area contributed by atoms with E-state index in [0.29, 0.717) is 19.8 Å². The molecule has 25 heavy (non-hydrogen) atoms. The molecule has 0 atom stereocenters. The van der Waals surface area contributed by atoms with Crippen molar-refractivity contribution < 1.29 is 9.59 Å². The SMILES string of the molecule is O=C(CSc1nsc(SCC(=O)Nc2nccs2)n1)Nc1nccs1. The number of carbonyl (C=O) groups is 2.